The highest BCUT2D eigenvalue weighted by molar-refractivity contribution is 6.35. The molecule has 2 heterocycles. The van der Waals surface area contributed by atoms with Gasteiger partial charge in [0.1, 0.15) is 5.82 Å². The molecular weight excluding hydrogens is 323 g/mol. The first-order valence-corrected chi connectivity index (χ1v) is 8.64. The monoisotopic (exact) mass is 340 g/mol. The largest absolute Gasteiger partial charge is 0.299 e. The van der Waals surface area contributed by atoms with Crippen molar-refractivity contribution < 1.29 is 4.39 Å². The molecule has 3 aromatic rings. The second-order valence-corrected chi connectivity index (χ2v) is 6.73. The lowest BCUT2D eigenvalue weighted by molar-refractivity contribution is 0.331. The molecule has 0 N–H and O–H groups in total. The van der Waals surface area contributed by atoms with E-state index in [0.717, 1.165) is 41.7 Å². The third-order valence-corrected chi connectivity index (χ3v) is 4.97. The molecule has 0 aliphatic carbocycles. The predicted molar refractivity (Wildman–Crippen MR) is 96.7 cm³/mol. The topological polar surface area (TPSA) is 16.1 Å². The normalized spacial score (nSPS) is 15.2. The van der Waals surface area contributed by atoms with E-state index in [-0.39, 0.29) is 5.82 Å². The number of rotatable bonds is 3. The Balaban J connectivity index is 1.66. The number of hydrogen-bond donors (Lipinski definition) is 0. The zero-order chi connectivity index (χ0) is 16.5. The number of aromatic nitrogens is 1. The van der Waals surface area contributed by atoms with Crippen LogP contribution in [0, 0.1) is 5.82 Å². The molecule has 1 aliphatic heterocycles. The molecule has 0 unspecified atom stereocenters. The zero-order valence-electron chi connectivity index (χ0n) is 13.3. The van der Waals surface area contributed by atoms with E-state index >= 15 is 0 Å². The van der Waals surface area contributed by atoms with Crippen LogP contribution in [0.2, 0.25) is 5.02 Å². The minimum Gasteiger partial charge on any atom is -0.299 e. The van der Waals surface area contributed by atoms with Gasteiger partial charge in [0.2, 0.25) is 0 Å². The van der Waals surface area contributed by atoms with E-state index in [9.17, 15) is 4.39 Å². The fraction of sp³-hybridized carbons (Fsp3) is 0.250. The molecule has 0 amide bonds. The van der Waals surface area contributed by atoms with Crippen molar-refractivity contribution in [1.82, 2.24) is 9.88 Å². The van der Waals surface area contributed by atoms with E-state index in [4.69, 9.17) is 11.6 Å². The minimum absolute atomic E-state index is 0.187. The van der Waals surface area contributed by atoms with Gasteiger partial charge in [0.25, 0.3) is 0 Å². The maximum atomic E-state index is 14.6. The minimum atomic E-state index is -0.187. The lowest BCUT2D eigenvalue weighted by Crippen LogP contribution is -2.18. The fourth-order valence-electron chi connectivity index (χ4n) is 3.37. The third-order valence-electron chi connectivity index (χ3n) is 4.64. The summed E-state index contributed by atoms with van der Waals surface area (Å²) in [5.74, 6) is -0.187. The number of likely N-dealkylation sites (tertiary alicyclic amines) is 1. The van der Waals surface area contributed by atoms with Gasteiger partial charge in [0, 0.05) is 23.7 Å². The van der Waals surface area contributed by atoms with Crippen molar-refractivity contribution in [3.05, 3.63) is 65.1 Å². The van der Waals surface area contributed by atoms with Crippen LogP contribution < -0.4 is 0 Å². The molecular formula is C20H18ClFN2. The van der Waals surface area contributed by atoms with Crippen molar-refractivity contribution >= 4 is 22.5 Å². The zero-order valence-corrected chi connectivity index (χ0v) is 14.1. The van der Waals surface area contributed by atoms with Gasteiger partial charge in [-0.05, 0) is 55.3 Å². The third kappa shape index (κ3) is 3.02. The van der Waals surface area contributed by atoms with E-state index in [1.54, 1.807) is 18.3 Å². The van der Waals surface area contributed by atoms with Crippen LogP contribution in [0.25, 0.3) is 22.0 Å². The van der Waals surface area contributed by atoms with Gasteiger partial charge in [-0.25, -0.2) is 4.39 Å². The van der Waals surface area contributed by atoms with Crippen LogP contribution in [0.1, 0.15) is 18.4 Å². The summed E-state index contributed by atoms with van der Waals surface area (Å²) in [7, 11) is 0. The van der Waals surface area contributed by atoms with E-state index < -0.39 is 0 Å². The molecule has 0 bridgehead atoms. The lowest BCUT2D eigenvalue weighted by atomic mass is 10.0. The molecule has 4 heteroatoms. The maximum absolute atomic E-state index is 14.6. The van der Waals surface area contributed by atoms with Crippen LogP contribution in [0.15, 0.2) is 48.7 Å². The van der Waals surface area contributed by atoms with E-state index in [1.807, 2.05) is 30.3 Å². The molecule has 24 heavy (non-hydrogen) atoms. The Labute approximate surface area is 145 Å². The maximum Gasteiger partial charge on any atom is 0.131 e. The number of benzene rings is 2. The second kappa shape index (κ2) is 6.50. The van der Waals surface area contributed by atoms with Crippen LogP contribution in [-0.2, 0) is 6.54 Å². The molecule has 2 aromatic carbocycles. The molecule has 0 spiro atoms. The van der Waals surface area contributed by atoms with Gasteiger partial charge < -0.3 is 0 Å². The number of nitrogens with zero attached hydrogens (tertiary/aromatic N) is 2. The number of hydrogen-bond acceptors (Lipinski definition) is 2. The predicted octanol–water partition coefficient (Wildman–Crippen LogP) is 5.29. The van der Waals surface area contributed by atoms with Gasteiger partial charge >= 0.3 is 0 Å². The Kier molecular flexibility index (Phi) is 4.21. The summed E-state index contributed by atoms with van der Waals surface area (Å²) >= 11 is 6.17. The van der Waals surface area contributed by atoms with Crippen molar-refractivity contribution in [3.8, 4) is 11.1 Å². The first-order chi connectivity index (χ1) is 11.7. The lowest BCUT2D eigenvalue weighted by Gasteiger charge is -2.15. The Morgan fingerprint density at radius 3 is 2.67 bits per heavy atom. The van der Waals surface area contributed by atoms with Gasteiger partial charge in [-0.3, -0.25) is 9.88 Å². The molecule has 0 saturated carbocycles. The van der Waals surface area contributed by atoms with Gasteiger partial charge in [-0.15, -0.1) is 0 Å². The highest BCUT2D eigenvalue weighted by Crippen LogP contribution is 2.29. The number of fused-ring (bicyclic) bond motifs is 1. The summed E-state index contributed by atoms with van der Waals surface area (Å²) < 4.78 is 14.6. The molecule has 1 aliphatic rings. The molecule has 122 valence electrons. The van der Waals surface area contributed by atoms with Crippen molar-refractivity contribution in [2.24, 2.45) is 0 Å². The van der Waals surface area contributed by atoms with Gasteiger partial charge in [0.05, 0.1) is 10.5 Å². The summed E-state index contributed by atoms with van der Waals surface area (Å²) in [5, 5.41) is 1.54. The standard InChI is InChI=1S/C20H18ClFN2/c21-18-7-8-23-20-12-15(4-6-17(18)20)16-5-3-14(11-19(16)22)13-24-9-1-2-10-24/h3-8,11-12H,1-2,9-10,13H2. The second-order valence-electron chi connectivity index (χ2n) is 6.32. The van der Waals surface area contributed by atoms with Crippen LogP contribution in [0.3, 0.4) is 0 Å². The molecule has 0 radical (unpaired) electrons. The Bertz CT molecular complexity index is 888. The van der Waals surface area contributed by atoms with Crippen molar-refractivity contribution in [1.29, 1.82) is 0 Å². The van der Waals surface area contributed by atoms with Gasteiger partial charge in [-0.2, -0.15) is 0 Å². The molecule has 4 rings (SSSR count). The first-order valence-electron chi connectivity index (χ1n) is 8.26. The van der Waals surface area contributed by atoms with Crippen LogP contribution in [0.5, 0.6) is 0 Å². The van der Waals surface area contributed by atoms with E-state index in [0.29, 0.717) is 10.6 Å². The Hall–Kier alpha value is -1.97. The molecule has 0 atom stereocenters. The average molecular weight is 341 g/mol. The number of pyridine rings is 1. The smallest absolute Gasteiger partial charge is 0.131 e. The van der Waals surface area contributed by atoms with Crippen molar-refractivity contribution in [2.75, 3.05) is 13.1 Å². The average Bonchev–Trinajstić information content (AvgIpc) is 3.08. The fourth-order valence-corrected chi connectivity index (χ4v) is 3.59. The first kappa shape index (κ1) is 15.6. The number of halogens is 2. The van der Waals surface area contributed by atoms with Crippen LogP contribution in [0.4, 0.5) is 4.39 Å². The summed E-state index contributed by atoms with van der Waals surface area (Å²) in [6.07, 6.45) is 4.16. The van der Waals surface area contributed by atoms with Crippen molar-refractivity contribution in [3.63, 3.8) is 0 Å². The summed E-state index contributed by atoms with van der Waals surface area (Å²) in [5.41, 5.74) is 3.23. The SMILES string of the molecule is Fc1cc(CN2CCCC2)ccc1-c1ccc2c(Cl)ccnc2c1. The summed E-state index contributed by atoms with van der Waals surface area (Å²) in [6, 6.07) is 13.0. The molecule has 1 fully saturated rings. The molecule has 1 saturated heterocycles. The Morgan fingerprint density at radius 1 is 1.04 bits per heavy atom. The van der Waals surface area contributed by atoms with Crippen molar-refractivity contribution in [2.45, 2.75) is 19.4 Å². The highest BCUT2D eigenvalue weighted by Gasteiger charge is 2.13. The van der Waals surface area contributed by atoms with Gasteiger partial charge in [-0.1, -0.05) is 35.9 Å². The highest BCUT2D eigenvalue weighted by atomic mass is 35.5. The van der Waals surface area contributed by atoms with Gasteiger partial charge in [0.15, 0.2) is 0 Å². The molecule has 2 nitrogen and oxygen atoms in total. The van der Waals surface area contributed by atoms with E-state index in [1.165, 1.54) is 12.8 Å². The summed E-state index contributed by atoms with van der Waals surface area (Å²) in [6.45, 7) is 3.05. The Morgan fingerprint density at radius 2 is 1.88 bits per heavy atom. The molecule has 1 aromatic heterocycles. The van der Waals surface area contributed by atoms with E-state index in [2.05, 4.69) is 9.88 Å². The summed E-state index contributed by atoms with van der Waals surface area (Å²) in [4.78, 5) is 6.70. The van der Waals surface area contributed by atoms with Crippen LogP contribution in [-0.4, -0.2) is 23.0 Å². The van der Waals surface area contributed by atoms with Crippen LogP contribution >= 0.6 is 11.6 Å². The quantitative estimate of drug-likeness (QED) is 0.644.